The van der Waals surface area contributed by atoms with Crippen molar-refractivity contribution in [2.75, 3.05) is 26.4 Å². The molecule has 226 valence electrons. The molecule has 0 radical (unpaired) electrons. The number of rotatable bonds is 8. The Kier molecular flexibility index (Phi) is 8.74. The van der Waals surface area contributed by atoms with Gasteiger partial charge in [0.15, 0.2) is 27.8 Å². The molecule has 1 saturated heterocycles. The number of carbonyl (C=O) groups excluding carboxylic acids is 1. The predicted octanol–water partition coefficient (Wildman–Crippen LogP) is 4.92. The van der Waals surface area contributed by atoms with E-state index >= 15 is 0 Å². The smallest absolute Gasteiger partial charge is 0.407 e. The average Bonchev–Trinajstić information content (AvgIpc) is 3.58. The molecule has 14 heteroatoms. The number of benzene rings is 1. The third-order valence-electron chi connectivity index (χ3n) is 7.55. The van der Waals surface area contributed by atoms with E-state index < -0.39 is 12.1 Å². The molecule has 2 aliphatic heterocycles. The van der Waals surface area contributed by atoms with Gasteiger partial charge < -0.3 is 29.0 Å². The number of aromatic nitrogens is 4. The normalized spacial score (nSPS) is 16.2. The van der Waals surface area contributed by atoms with Crippen molar-refractivity contribution in [3.63, 3.8) is 0 Å². The van der Waals surface area contributed by atoms with Crippen molar-refractivity contribution >= 4 is 50.9 Å². The number of carbonyl (C=O) groups is 2. The first kappa shape index (κ1) is 30.2. The fraction of sp³-hybridized carbons (Fsp3) is 0.536. The summed E-state index contributed by atoms with van der Waals surface area (Å²) in [6.45, 7) is 9.96. The highest BCUT2D eigenvalue weighted by Crippen LogP contribution is 2.42. The summed E-state index contributed by atoms with van der Waals surface area (Å²) in [7, 11) is 0. The number of nitrogens with one attached hydrogen (secondary N) is 2. The van der Waals surface area contributed by atoms with Crippen LogP contribution in [0.15, 0.2) is 33.0 Å². The predicted molar refractivity (Wildman–Crippen MR) is 160 cm³/mol. The second-order valence-electron chi connectivity index (χ2n) is 12.0. The number of ether oxygens (including phenoxy) is 2. The molecule has 2 amide bonds. The Balaban J connectivity index is 1.20. The lowest BCUT2D eigenvalue weighted by atomic mass is 9.92. The van der Waals surface area contributed by atoms with Crippen molar-refractivity contribution in [3.8, 4) is 11.5 Å². The summed E-state index contributed by atoms with van der Waals surface area (Å²) in [5.41, 5.74) is 1.13. The Morgan fingerprint density at radius 3 is 2.62 bits per heavy atom. The molecule has 2 aliphatic rings. The van der Waals surface area contributed by atoms with Gasteiger partial charge in [0.05, 0.1) is 6.33 Å². The summed E-state index contributed by atoms with van der Waals surface area (Å²) < 4.78 is 13.8. The van der Waals surface area contributed by atoms with Gasteiger partial charge in [0.1, 0.15) is 11.6 Å². The summed E-state index contributed by atoms with van der Waals surface area (Å²) in [6.07, 6.45) is 3.16. The third kappa shape index (κ3) is 6.69. The quantitative estimate of drug-likeness (QED) is 0.308. The zero-order valence-electron chi connectivity index (χ0n) is 24.1. The highest BCUT2D eigenvalue weighted by molar-refractivity contribution is 9.10. The van der Waals surface area contributed by atoms with E-state index in [1.807, 2.05) is 37.5 Å². The molecule has 0 bridgehead atoms. The number of imidazole rings is 1. The maximum atomic E-state index is 13.2. The van der Waals surface area contributed by atoms with Crippen LogP contribution in [0.4, 0.5) is 4.79 Å². The number of aryl methyl sites for hydroxylation is 1. The van der Waals surface area contributed by atoms with Crippen molar-refractivity contribution < 1.29 is 24.2 Å². The van der Waals surface area contributed by atoms with Crippen LogP contribution in [0.1, 0.15) is 47.0 Å². The van der Waals surface area contributed by atoms with Crippen molar-refractivity contribution in [1.82, 2.24) is 29.3 Å². The standard InChI is InChI=1S/C28H36BrN7O5S/c1-16(36(27(38)39)13-28(2,3)4)25(37)34-8-5-17(6-9-34)7-10-35-14-31-23(30)22-24(35)33-26(32-22)42-21-12-20-19(11-18(21)29)40-15-41-20/h11-12,14,16-17,30H,5-10,13,15H2,1-4H3,(H,32,33)(H,38,39)/t16-/m1/s1. The van der Waals surface area contributed by atoms with E-state index in [4.69, 9.17) is 19.9 Å². The maximum Gasteiger partial charge on any atom is 0.407 e. The first-order chi connectivity index (χ1) is 19.9. The number of carboxylic acid groups (broad SMARTS) is 1. The number of amides is 2. The summed E-state index contributed by atoms with van der Waals surface area (Å²) in [5, 5.41) is 18.6. The van der Waals surface area contributed by atoms with E-state index in [0.717, 1.165) is 28.6 Å². The van der Waals surface area contributed by atoms with E-state index in [9.17, 15) is 14.7 Å². The number of piperidine rings is 1. The molecule has 1 atom stereocenters. The molecular weight excluding hydrogens is 626 g/mol. The monoisotopic (exact) mass is 661 g/mol. The Bertz CT molecular complexity index is 1540. The number of aromatic amines is 1. The van der Waals surface area contributed by atoms with Crippen LogP contribution in [0.5, 0.6) is 11.5 Å². The zero-order valence-corrected chi connectivity index (χ0v) is 26.5. The number of hydrogen-bond donors (Lipinski definition) is 3. The van der Waals surface area contributed by atoms with Crippen LogP contribution in [0.3, 0.4) is 0 Å². The molecular formula is C28H36BrN7O5S. The number of nitrogens with zero attached hydrogens (tertiary/aromatic N) is 5. The third-order valence-corrected chi connectivity index (χ3v) is 9.41. The van der Waals surface area contributed by atoms with Crippen LogP contribution in [-0.2, 0) is 11.3 Å². The lowest BCUT2D eigenvalue weighted by Crippen LogP contribution is -2.52. The minimum Gasteiger partial charge on any atom is -0.465 e. The van der Waals surface area contributed by atoms with E-state index in [0.29, 0.717) is 59.9 Å². The number of likely N-dealkylation sites (tertiary alicyclic amines) is 1. The molecule has 0 spiro atoms. The lowest BCUT2D eigenvalue weighted by Gasteiger charge is -2.37. The topological polar surface area (TPSA) is 150 Å². The Morgan fingerprint density at radius 2 is 1.95 bits per heavy atom. The average molecular weight is 663 g/mol. The second kappa shape index (κ2) is 12.2. The SMILES string of the molecule is C[C@H](C(=O)N1CCC(CCn2cnc(=N)c3[nH]c(Sc4cc5c(cc4Br)OCO5)nc32)CC1)N(CC(C)(C)C)C(=O)O. The van der Waals surface area contributed by atoms with Gasteiger partial charge >= 0.3 is 6.09 Å². The van der Waals surface area contributed by atoms with Gasteiger partial charge in [-0.3, -0.25) is 15.1 Å². The molecule has 3 N–H and O–H groups in total. The van der Waals surface area contributed by atoms with E-state index in [1.165, 1.54) is 16.7 Å². The number of hydrogen-bond acceptors (Lipinski definition) is 8. The lowest BCUT2D eigenvalue weighted by molar-refractivity contribution is -0.137. The molecule has 1 aromatic carbocycles. The van der Waals surface area contributed by atoms with Gasteiger partial charge in [0.2, 0.25) is 12.7 Å². The van der Waals surface area contributed by atoms with Gasteiger partial charge in [-0.25, -0.2) is 14.8 Å². The van der Waals surface area contributed by atoms with Crippen LogP contribution in [0.2, 0.25) is 0 Å². The van der Waals surface area contributed by atoms with Gasteiger partial charge in [-0.1, -0.05) is 32.5 Å². The highest BCUT2D eigenvalue weighted by Gasteiger charge is 2.33. The largest absolute Gasteiger partial charge is 0.465 e. The number of H-pyrrole nitrogens is 1. The first-order valence-electron chi connectivity index (χ1n) is 13.9. The molecule has 12 nitrogen and oxygen atoms in total. The first-order valence-corrected chi connectivity index (χ1v) is 15.6. The number of fused-ring (bicyclic) bond motifs is 2. The highest BCUT2D eigenvalue weighted by atomic mass is 79.9. The molecule has 0 saturated carbocycles. The van der Waals surface area contributed by atoms with Crippen LogP contribution in [0.25, 0.3) is 11.2 Å². The molecule has 42 heavy (non-hydrogen) atoms. The summed E-state index contributed by atoms with van der Waals surface area (Å²) >= 11 is 5.02. The van der Waals surface area contributed by atoms with Crippen molar-refractivity contribution in [1.29, 1.82) is 5.41 Å². The Labute approximate surface area is 256 Å². The van der Waals surface area contributed by atoms with Gasteiger partial charge in [-0.05, 0) is 65.6 Å². The molecule has 2 aromatic heterocycles. The molecule has 0 unspecified atom stereocenters. The summed E-state index contributed by atoms with van der Waals surface area (Å²) in [5.74, 6) is 1.65. The van der Waals surface area contributed by atoms with Gasteiger partial charge in [0.25, 0.3) is 0 Å². The minimum absolute atomic E-state index is 0.133. The van der Waals surface area contributed by atoms with Crippen molar-refractivity contribution in [2.24, 2.45) is 11.3 Å². The van der Waals surface area contributed by atoms with Crippen LogP contribution in [-0.4, -0.2) is 78.9 Å². The zero-order chi connectivity index (χ0) is 30.2. The molecule has 3 aromatic rings. The number of halogens is 1. The Morgan fingerprint density at radius 1 is 1.26 bits per heavy atom. The summed E-state index contributed by atoms with van der Waals surface area (Å²) in [6, 6.07) is 3.06. The fourth-order valence-electron chi connectivity index (χ4n) is 5.30. The van der Waals surface area contributed by atoms with E-state index in [2.05, 4.69) is 25.9 Å². The van der Waals surface area contributed by atoms with Crippen LogP contribution in [0, 0.1) is 16.7 Å². The van der Waals surface area contributed by atoms with Gasteiger partial charge in [-0.2, -0.15) is 0 Å². The van der Waals surface area contributed by atoms with Gasteiger partial charge in [0, 0.05) is 35.5 Å². The van der Waals surface area contributed by atoms with Crippen molar-refractivity contribution in [2.45, 2.75) is 69.6 Å². The van der Waals surface area contributed by atoms with Crippen LogP contribution >= 0.6 is 27.7 Å². The minimum atomic E-state index is -1.07. The molecule has 5 rings (SSSR count). The molecule has 4 heterocycles. The second-order valence-corrected chi connectivity index (χ2v) is 13.9. The molecule has 1 fully saturated rings. The van der Waals surface area contributed by atoms with Crippen molar-refractivity contribution in [3.05, 3.63) is 28.4 Å². The van der Waals surface area contributed by atoms with Crippen LogP contribution < -0.4 is 15.0 Å². The fourth-order valence-corrected chi connectivity index (χ4v) is 6.68. The Hall–Kier alpha value is -3.26. The van der Waals surface area contributed by atoms with Gasteiger partial charge in [-0.15, -0.1) is 0 Å². The maximum absolute atomic E-state index is 13.2. The van der Waals surface area contributed by atoms with E-state index in [1.54, 1.807) is 18.2 Å². The summed E-state index contributed by atoms with van der Waals surface area (Å²) in [4.78, 5) is 41.3. The van der Waals surface area contributed by atoms with E-state index in [-0.39, 0.29) is 23.6 Å². The molecule has 0 aliphatic carbocycles.